The fraction of sp³-hybridized carbons (Fsp3) is 0.500. The quantitative estimate of drug-likeness (QED) is 0.865. The molecule has 102 valence electrons. The predicted octanol–water partition coefficient (Wildman–Crippen LogP) is 3.12. The van der Waals surface area contributed by atoms with Crippen LogP contribution in [0.5, 0.6) is 0 Å². The molecule has 0 aromatic heterocycles. The maximum atomic E-state index is 12.6. The first-order valence-electron chi connectivity index (χ1n) is 6.52. The largest absolute Gasteiger partial charge is 0.393 e. The Morgan fingerprint density at radius 2 is 1.79 bits per heavy atom. The lowest BCUT2D eigenvalue weighted by atomic mass is 9.99. The van der Waals surface area contributed by atoms with Crippen molar-refractivity contribution in [3.8, 4) is 0 Å². The molecule has 2 unspecified atom stereocenters. The summed E-state index contributed by atoms with van der Waals surface area (Å²) >= 11 is 11.8. The van der Waals surface area contributed by atoms with E-state index in [-0.39, 0.29) is 24.1 Å². The lowest BCUT2D eigenvalue weighted by molar-refractivity contribution is 0.0287. The Bertz CT molecular complexity index is 506. The normalized spacial score (nSPS) is 29.6. The molecule has 1 amide bonds. The van der Waals surface area contributed by atoms with Gasteiger partial charge in [-0.3, -0.25) is 4.79 Å². The molecule has 0 saturated carbocycles. The van der Waals surface area contributed by atoms with E-state index in [4.69, 9.17) is 23.2 Å². The van der Waals surface area contributed by atoms with Crippen LogP contribution in [0.1, 0.15) is 36.0 Å². The second-order valence-electron chi connectivity index (χ2n) is 5.35. The molecule has 2 fully saturated rings. The summed E-state index contributed by atoms with van der Waals surface area (Å²) in [7, 11) is 0. The molecule has 2 aliphatic rings. The lowest BCUT2D eigenvalue weighted by Gasteiger charge is -2.37. The summed E-state index contributed by atoms with van der Waals surface area (Å²) < 4.78 is 0. The highest BCUT2D eigenvalue weighted by Crippen LogP contribution is 2.37. The molecule has 5 heteroatoms. The van der Waals surface area contributed by atoms with E-state index < -0.39 is 0 Å². The van der Waals surface area contributed by atoms with Crippen molar-refractivity contribution in [3.63, 3.8) is 0 Å². The third kappa shape index (κ3) is 2.35. The van der Waals surface area contributed by atoms with Crippen LogP contribution in [0.25, 0.3) is 0 Å². The van der Waals surface area contributed by atoms with E-state index in [1.807, 2.05) is 4.90 Å². The van der Waals surface area contributed by atoms with Crippen molar-refractivity contribution in [2.24, 2.45) is 0 Å². The van der Waals surface area contributed by atoms with E-state index in [1.165, 1.54) is 0 Å². The Morgan fingerprint density at radius 1 is 1.16 bits per heavy atom. The maximum Gasteiger partial charge on any atom is 0.254 e. The van der Waals surface area contributed by atoms with Crippen LogP contribution in [0.3, 0.4) is 0 Å². The average Bonchev–Trinajstić information content (AvgIpc) is 2.64. The zero-order valence-electron chi connectivity index (χ0n) is 10.4. The van der Waals surface area contributed by atoms with E-state index in [0.717, 1.165) is 12.8 Å². The van der Waals surface area contributed by atoms with Crippen LogP contribution in [0.4, 0.5) is 0 Å². The number of benzene rings is 1. The zero-order valence-corrected chi connectivity index (χ0v) is 11.9. The van der Waals surface area contributed by atoms with Crippen LogP contribution in [0.15, 0.2) is 18.2 Å². The molecule has 1 N–H and O–H groups in total. The molecule has 1 aromatic rings. The molecule has 0 aliphatic carbocycles. The summed E-state index contributed by atoms with van der Waals surface area (Å²) in [6.45, 7) is 0. The number of hydrogen-bond donors (Lipinski definition) is 1. The highest BCUT2D eigenvalue weighted by molar-refractivity contribution is 6.42. The number of piperidine rings is 1. The number of carbonyl (C=O) groups is 1. The second kappa shape index (κ2) is 4.97. The number of nitrogens with zero attached hydrogens (tertiary/aromatic N) is 1. The fourth-order valence-corrected chi connectivity index (χ4v) is 3.56. The van der Waals surface area contributed by atoms with Gasteiger partial charge in [-0.15, -0.1) is 0 Å². The van der Waals surface area contributed by atoms with E-state index in [9.17, 15) is 9.90 Å². The molecule has 2 aliphatic heterocycles. The van der Waals surface area contributed by atoms with Gasteiger partial charge >= 0.3 is 0 Å². The summed E-state index contributed by atoms with van der Waals surface area (Å²) in [5, 5.41) is 10.6. The molecule has 19 heavy (non-hydrogen) atoms. The van der Waals surface area contributed by atoms with Crippen LogP contribution < -0.4 is 0 Å². The van der Waals surface area contributed by atoms with Crippen molar-refractivity contribution in [2.75, 3.05) is 0 Å². The molecule has 2 heterocycles. The van der Waals surface area contributed by atoms with Crippen LogP contribution in [-0.4, -0.2) is 34.1 Å². The van der Waals surface area contributed by atoms with E-state index in [1.54, 1.807) is 18.2 Å². The minimum Gasteiger partial charge on any atom is -0.393 e. The van der Waals surface area contributed by atoms with E-state index >= 15 is 0 Å². The van der Waals surface area contributed by atoms with Gasteiger partial charge in [0.2, 0.25) is 0 Å². The van der Waals surface area contributed by atoms with Gasteiger partial charge in [-0.05, 0) is 43.9 Å². The van der Waals surface area contributed by atoms with Gasteiger partial charge in [0.15, 0.2) is 0 Å². The first-order chi connectivity index (χ1) is 9.06. The Kier molecular flexibility index (Phi) is 3.46. The second-order valence-corrected chi connectivity index (χ2v) is 6.17. The third-order valence-electron chi connectivity index (χ3n) is 4.11. The Hall–Kier alpha value is -0.770. The third-order valence-corrected chi connectivity index (χ3v) is 4.85. The van der Waals surface area contributed by atoms with Crippen LogP contribution in [0.2, 0.25) is 10.0 Å². The predicted molar refractivity (Wildman–Crippen MR) is 74.7 cm³/mol. The topological polar surface area (TPSA) is 40.5 Å². The van der Waals surface area contributed by atoms with Crippen molar-refractivity contribution in [3.05, 3.63) is 33.8 Å². The number of aliphatic hydroxyl groups excluding tert-OH is 1. The number of amides is 1. The van der Waals surface area contributed by atoms with Crippen molar-refractivity contribution < 1.29 is 9.90 Å². The summed E-state index contributed by atoms with van der Waals surface area (Å²) in [5.41, 5.74) is 0.572. The molecular formula is C14H15Cl2NO2. The van der Waals surface area contributed by atoms with Gasteiger partial charge in [-0.1, -0.05) is 23.2 Å². The van der Waals surface area contributed by atoms with Gasteiger partial charge in [0.1, 0.15) is 0 Å². The average molecular weight is 300 g/mol. The van der Waals surface area contributed by atoms with Crippen LogP contribution in [0, 0.1) is 0 Å². The first kappa shape index (κ1) is 13.2. The van der Waals surface area contributed by atoms with Crippen molar-refractivity contribution in [1.82, 2.24) is 4.90 Å². The Labute approximate surface area is 122 Å². The number of rotatable bonds is 1. The van der Waals surface area contributed by atoms with Crippen molar-refractivity contribution in [1.29, 1.82) is 0 Å². The molecule has 3 nitrogen and oxygen atoms in total. The van der Waals surface area contributed by atoms with Gasteiger partial charge < -0.3 is 10.0 Å². The zero-order chi connectivity index (χ0) is 13.6. The number of fused-ring (bicyclic) bond motifs is 2. The molecule has 3 rings (SSSR count). The number of aliphatic hydroxyl groups is 1. The SMILES string of the molecule is O=C(c1ccc(Cl)c(Cl)c1)N1C2CCC1CC(O)C2. The molecule has 2 bridgehead atoms. The molecule has 1 aromatic carbocycles. The smallest absolute Gasteiger partial charge is 0.254 e. The summed E-state index contributed by atoms with van der Waals surface area (Å²) in [6.07, 6.45) is 3.06. The molecule has 2 saturated heterocycles. The van der Waals surface area contributed by atoms with Crippen LogP contribution in [-0.2, 0) is 0 Å². The highest BCUT2D eigenvalue weighted by Gasteiger charge is 2.42. The lowest BCUT2D eigenvalue weighted by Crippen LogP contribution is -2.48. The molecule has 0 spiro atoms. The van der Waals surface area contributed by atoms with Crippen molar-refractivity contribution >= 4 is 29.1 Å². The Morgan fingerprint density at radius 3 is 2.37 bits per heavy atom. The maximum absolute atomic E-state index is 12.6. The van der Waals surface area contributed by atoms with E-state index in [0.29, 0.717) is 28.5 Å². The Balaban J connectivity index is 1.86. The summed E-state index contributed by atoms with van der Waals surface area (Å²) in [4.78, 5) is 14.5. The van der Waals surface area contributed by atoms with Gasteiger partial charge in [-0.2, -0.15) is 0 Å². The summed E-state index contributed by atoms with van der Waals surface area (Å²) in [5.74, 6) is -0.00188. The minimum absolute atomic E-state index is 0.00188. The van der Waals surface area contributed by atoms with Gasteiger partial charge in [-0.25, -0.2) is 0 Å². The fourth-order valence-electron chi connectivity index (χ4n) is 3.26. The molecule has 0 radical (unpaired) electrons. The monoisotopic (exact) mass is 299 g/mol. The van der Waals surface area contributed by atoms with Gasteiger partial charge in [0.25, 0.3) is 5.91 Å². The van der Waals surface area contributed by atoms with Crippen LogP contribution >= 0.6 is 23.2 Å². The molecule has 2 atom stereocenters. The first-order valence-corrected chi connectivity index (χ1v) is 7.27. The van der Waals surface area contributed by atoms with Crippen molar-refractivity contribution in [2.45, 2.75) is 43.9 Å². The summed E-state index contributed by atoms with van der Waals surface area (Å²) in [6, 6.07) is 5.31. The number of hydrogen-bond acceptors (Lipinski definition) is 2. The van der Waals surface area contributed by atoms with Gasteiger partial charge in [0.05, 0.1) is 16.1 Å². The minimum atomic E-state index is -0.268. The standard InChI is InChI=1S/C14H15Cl2NO2/c15-12-4-1-8(5-13(12)16)14(19)17-9-2-3-10(17)7-11(18)6-9/h1,4-5,9-11,18H,2-3,6-7H2. The van der Waals surface area contributed by atoms with Gasteiger partial charge in [0, 0.05) is 17.6 Å². The molecular weight excluding hydrogens is 285 g/mol. The highest BCUT2D eigenvalue weighted by atomic mass is 35.5. The van der Waals surface area contributed by atoms with E-state index in [2.05, 4.69) is 0 Å². The number of carbonyl (C=O) groups excluding carboxylic acids is 1. The number of halogens is 2.